The van der Waals surface area contributed by atoms with Gasteiger partial charge in [0.25, 0.3) is 0 Å². The highest BCUT2D eigenvalue weighted by atomic mass is 16.4. The van der Waals surface area contributed by atoms with Gasteiger partial charge in [-0.15, -0.1) is 0 Å². The summed E-state index contributed by atoms with van der Waals surface area (Å²) in [7, 11) is 0. The maximum atomic E-state index is 9.70. The minimum atomic E-state index is -0.741. The second-order valence-electron chi connectivity index (χ2n) is 1.49. The number of rotatable bonds is 1. The van der Waals surface area contributed by atoms with Gasteiger partial charge < -0.3 is 10.3 Å². The number of carbonyl (C=O) groups is 1. The number of carboxylic acids is 1. The number of carboxylic acid groups (broad SMARTS) is 1. The van der Waals surface area contributed by atoms with Gasteiger partial charge in [0.1, 0.15) is 0 Å². The van der Waals surface area contributed by atoms with Gasteiger partial charge in [-0.3, -0.25) is 4.79 Å². The Labute approximate surface area is 47.9 Å². The fraction of sp³-hybridized carbons (Fsp3) is 0.750. The van der Waals surface area contributed by atoms with Crippen LogP contribution < -0.4 is 5.90 Å². The summed E-state index contributed by atoms with van der Waals surface area (Å²) in [4.78, 5) is 9.70. The van der Waals surface area contributed by atoms with Gasteiger partial charge in [0.2, 0.25) is 0 Å². The quantitative estimate of drug-likeness (QED) is 0.428. The minimum Gasteiger partial charge on any atom is -0.481 e. The van der Waals surface area contributed by atoms with Crippen LogP contribution in [0.3, 0.4) is 0 Å². The lowest BCUT2D eigenvalue weighted by atomic mass is 10.2. The smallest absolute Gasteiger partial charge is 0.305 e. The van der Waals surface area contributed by atoms with Crippen molar-refractivity contribution in [3.63, 3.8) is 0 Å². The van der Waals surface area contributed by atoms with Crippen LogP contribution in [0.2, 0.25) is 0 Å². The fourth-order valence-electron chi connectivity index (χ4n) is 0. The molecule has 0 spiro atoms. The molecule has 0 fully saturated rings. The van der Waals surface area contributed by atoms with E-state index in [-0.39, 0.29) is 5.92 Å². The van der Waals surface area contributed by atoms with E-state index in [1.807, 2.05) is 0 Å². The Bertz CT molecular complexity index is 62.3. The molecule has 4 nitrogen and oxygen atoms in total. The van der Waals surface area contributed by atoms with Gasteiger partial charge in [-0.25, -0.2) is 5.90 Å². The maximum Gasteiger partial charge on any atom is 0.305 e. The third-order valence-electron chi connectivity index (χ3n) is 0.494. The van der Waals surface area contributed by atoms with Crippen molar-refractivity contribution in [2.24, 2.45) is 11.8 Å². The number of hydrogen-bond donors (Lipinski definition) is 3. The van der Waals surface area contributed by atoms with E-state index in [9.17, 15) is 4.79 Å². The minimum absolute atomic E-state index is 0.231. The summed E-state index contributed by atoms with van der Waals surface area (Å²) in [6.45, 7) is 3.28. The maximum absolute atomic E-state index is 9.70. The Morgan fingerprint density at radius 3 is 1.62 bits per heavy atom. The molecule has 0 saturated heterocycles. The molecule has 0 unspecified atom stereocenters. The second-order valence-corrected chi connectivity index (χ2v) is 1.49. The van der Waals surface area contributed by atoms with Crippen LogP contribution in [0.15, 0.2) is 0 Å². The lowest BCUT2D eigenvalue weighted by molar-refractivity contribution is -0.140. The largest absolute Gasteiger partial charge is 0.481 e. The third kappa shape index (κ3) is 9.04. The second kappa shape index (κ2) is 6.39. The fourth-order valence-corrected chi connectivity index (χ4v) is 0. The summed E-state index contributed by atoms with van der Waals surface area (Å²) in [6.07, 6.45) is 0. The van der Waals surface area contributed by atoms with E-state index in [1.54, 1.807) is 13.8 Å². The molecule has 0 aliphatic carbocycles. The number of aliphatic carboxylic acids is 1. The molecule has 0 aromatic carbocycles. The molecule has 0 aromatic rings. The van der Waals surface area contributed by atoms with Gasteiger partial charge in [-0.1, -0.05) is 13.8 Å². The summed E-state index contributed by atoms with van der Waals surface area (Å²) >= 11 is 0. The first kappa shape index (κ1) is 10.4. The molecule has 0 bridgehead atoms. The predicted molar refractivity (Wildman–Crippen MR) is 28.4 cm³/mol. The monoisotopic (exact) mass is 121 g/mol. The summed E-state index contributed by atoms with van der Waals surface area (Å²) in [5.41, 5.74) is 0. The lowest BCUT2D eigenvalue weighted by Gasteiger charge is -1.89. The summed E-state index contributed by atoms with van der Waals surface area (Å²) in [6, 6.07) is 0. The van der Waals surface area contributed by atoms with Crippen molar-refractivity contribution in [1.29, 1.82) is 0 Å². The summed E-state index contributed by atoms with van der Waals surface area (Å²) < 4.78 is 0. The molecule has 4 heteroatoms. The highest BCUT2D eigenvalue weighted by molar-refractivity contribution is 5.68. The van der Waals surface area contributed by atoms with E-state index in [1.165, 1.54) is 0 Å². The van der Waals surface area contributed by atoms with Crippen LogP contribution in [0.1, 0.15) is 13.8 Å². The zero-order valence-electron chi connectivity index (χ0n) is 4.96. The van der Waals surface area contributed by atoms with Crippen LogP contribution >= 0.6 is 0 Å². The number of hydrogen-bond acceptors (Lipinski definition) is 3. The van der Waals surface area contributed by atoms with E-state index in [0.29, 0.717) is 0 Å². The van der Waals surface area contributed by atoms with Crippen LogP contribution in [0.4, 0.5) is 0 Å². The molecule has 0 amide bonds. The van der Waals surface area contributed by atoms with Crippen molar-refractivity contribution >= 4 is 5.97 Å². The van der Waals surface area contributed by atoms with Gasteiger partial charge in [-0.05, 0) is 0 Å². The van der Waals surface area contributed by atoms with Gasteiger partial charge in [0, 0.05) is 0 Å². The Kier molecular flexibility index (Phi) is 8.30. The third-order valence-corrected chi connectivity index (χ3v) is 0.494. The van der Waals surface area contributed by atoms with Crippen molar-refractivity contribution in [2.45, 2.75) is 13.8 Å². The van der Waals surface area contributed by atoms with E-state index in [2.05, 4.69) is 5.90 Å². The lowest BCUT2D eigenvalue weighted by Crippen LogP contribution is -2.03. The predicted octanol–water partition coefficient (Wildman–Crippen LogP) is 0.0613. The van der Waals surface area contributed by atoms with Crippen LogP contribution in [-0.2, 0) is 4.79 Å². The van der Waals surface area contributed by atoms with Gasteiger partial charge >= 0.3 is 5.97 Å². The Morgan fingerprint density at radius 1 is 1.50 bits per heavy atom. The zero-order valence-corrected chi connectivity index (χ0v) is 4.96. The molecular weight excluding hydrogens is 110 g/mol. The zero-order chi connectivity index (χ0) is 7.15. The molecule has 4 N–H and O–H groups in total. The SMILES string of the molecule is CC(C)C(=O)O.NO. The highest BCUT2D eigenvalue weighted by Gasteiger charge is 1.99. The average Bonchev–Trinajstić information content (AvgIpc) is 1.72. The first-order valence-electron chi connectivity index (χ1n) is 2.13. The molecule has 50 valence electrons. The summed E-state index contributed by atoms with van der Waals surface area (Å²) in [5.74, 6) is 2.53. The van der Waals surface area contributed by atoms with Crippen LogP contribution in [-0.4, -0.2) is 16.3 Å². The normalized spacial score (nSPS) is 7.62. The summed E-state index contributed by atoms with van der Waals surface area (Å²) in [5, 5.41) is 14.5. The Hall–Kier alpha value is -0.610. The standard InChI is InChI=1S/C4H8O2.H3NO/c1-3(2)4(5)6;1-2/h3H,1-2H3,(H,5,6);2H,1H2. The van der Waals surface area contributed by atoms with Gasteiger partial charge in [0.15, 0.2) is 0 Å². The molecule has 0 radical (unpaired) electrons. The van der Waals surface area contributed by atoms with Crippen molar-refractivity contribution < 1.29 is 15.1 Å². The van der Waals surface area contributed by atoms with E-state index in [4.69, 9.17) is 10.3 Å². The van der Waals surface area contributed by atoms with Crippen molar-refractivity contribution in [2.75, 3.05) is 0 Å². The molecule has 0 aromatic heterocycles. The van der Waals surface area contributed by atoms with E-state index in [0.717, 1.165) is 0 Å². The molecule has 0 atom stereocenters. The van der Waals surface area contributed by atoms with E-state index < -0.39 is 5.97 Å². The molecule has 0 aliphatic rings. The molecule has 0 saturated carbocycles. The Balaban J connectivity index is 0. The molecule has 0 heterocycles. The van der Waals surface area contributed by atoms with Crippen LogP contribution in [0.25, 0.3) is 0 Å². The average molecular weight is 121 g/mol. The van der Waals surface area contributed by atoms with Gasteiger partial charge in [0.05, 0.1) is 5.92 Å². The Morgan fingerprint density at radius 2 is 1.62 bits per heavy atom. The van der Waals surface area contributed by atoms with Crippen LogP contribution in [0, 0.1) is 5.92 Å². The molecule has 8 heavy (non-hydrogen) atoms. The van der Waals surface area contributed by atoms with Crippen molar-refractivity contribution in [3.05, 3.63) is 0 Å². The molecule has 0 rings (SSSR count). The topological polar surface area (TPSA) is 83.5 Å². The number of nitrogens with two attached hydrogens (primary N) is 1. The molecule has 0 aliphatic heterocycles. The van der Waals surface area contributed by atoms with Crippen molar-refractivity contribution in [3.8, 4) is 0 Å². The van der Waals surface area contributed by atoms with Gasteiger partial charge in [-0.2, -0.15) is 0 Å². The highest BCUT2D eigenvalue weighted by Crippen LogP contribution is 1.87. The van der Waals surface area contributed by atoms with Crippen molar-refractivity contribution in [1.82, 2.24) is 0 Å². The molecular formula is C4H11NO3. The van der Waals surface area contributed by atoms with Crippen LogP contribution in [0.5, 0.6) is 0 Å². The van der Waals surface area contributed by atoms with E-state index >= 15 is 0 Å². The first-order valence-corrected chi connectivity index (χ1v) is 2.13. The first-order chi connectivity index (χ1) is 3.64.